The zero-order valence-electron chi connectivity index (χ0n) is 24.0. The van der Waals surface area contributed by atoms with Gasteiger partial charge in [0.25, 0.3) is 10.1 Å². The first kappa shape index (κ1) is 35.4. The fourth-order valence-electron chi connectivity index (χ4n) is 4.77. The molecule has 36 heavy (non-hydrogen) atoms. The maximum absolute atomic E-state index is 12.2. The third kappa shape index (κ3) is 23.8. The third-order valence-corrected chi connectivity index (χ3v) is 8.33. The lowest BCUT2D eigenvalue weighted by Crippen LogP contribution is -2.32. The van der Waals surface area contributed by atoms with Crippen LogP contribution in [0.3, 0.4) is 0 Å². The van der Waals surface area contributed by atoms with Gasteiger partial charge in [0.15, 0.2) is 5.25 Å². The zero-order chi connectivity index (χ0) is 26.7. The predicted octanol–water partition coefficient (Wildman–Crippen LogP) is 9.58. The second kappa shape index (κ2) is 26.0. The molecule has 6 heteroatoms. The molecule has 0 aliphatic rings. The molecular formula is C30H60O5S. The van der Waals surface area contributed by atoms with Gasteiger partial charge in [-0.05, 0) is 12.8 Å². The molecule has 5 nitrogen and oxygen atoms in total. The van der Waals surface area contributed by atoms with Gasteiger partial charge in [0.2, 0.25) is 0 Å². The Bertz CT molecular complexity index is 576. The smallest absolute Gasteiger partial charge is 0.326 e. The van der Waals surface area contributed by atoms with Gasteiger partial charge < -0.3 is 4.74 Å². The number of ether oxygens (including phenoxy) is 1. The van der Waals surface area contributed by atoms with E-state index in [9.17, 15) is 17.8 Å². The lowest BCUT2D eigenvalue weighted by Gasteiger charge is -2.13. The summed E-state index contributed by atoms with van der Waals surface area (Å²) in [5, 5.41) is -1.43. The molecule has 1 N–H and O–H groups in total. The summed E-state index contributed by atoms with van der Waals surface area (Å²) in [6.07, 6.45) is 29.2. The van der Waals surface area contributed by atoms with Crippen LogP contribution < -0.4 is 0 Å². The Kier molecular flexibility index (Phi) is 25.6. The first-order chi connectivity index (χ1) is 17.4. The van der Waals surface area contributed by atoms with Crippen molar-refractivity contribution in [1.29, 1.82) is 0 Å². The molecule has 0 aromatic rings. The van der Waals surface area contributed by atoms with Gasteiger partial charge in [0.05, 0.1) is 6.61 Å². The normalized spacial score (nSPS) is 12.6. The van der Waals surface area contributed by atoms with Crippen molar-refractivity contribution in [3.05, 3.63) is 0 Å². The van der Waals surface area contributed by atoms with Crippen molar-refractivity contribution >= 4 is 16.1 Å². The molecule has 0 radical (unpaired) electrons. The average molecular weight is 533 g/mol. The summed E-state index contributed by atoms with van der Waals surface area (Å²) >= 11 is 0. The molecule has 0 aromatic carbocycles. The second-order valence-corrected chi connectivity index (χ2v) is 12.3. The van der Waals surface area contributed by atoms with Crippen molar-refractivity contribution < 1.29 is 22.5 Å². The van der Waals surface area contributed by atoms with Crippen LogP contribution >= 0.6 is 0 Å². The minimum atomic E-state index is -4.42. The van der Waals surface area contributed by atoms with E-state index in [1.165, 1.54) is 109 Å². The Balaban J connectivity index is 3.64. The molecule has 0 bridgehead atoms. The van der Waals surface area contributed by atoms with Crippen molar-refractivity contribution in [1.82, 2.24) is 0 Å². The quantitative estimate of drug-likeness (QED) is 0.0616. The number of rotatable bonds is 28. The van der Waals surface area contributed by atoms with Crippen molar-refractivity contribution in [3.8, 4) is 0 Å². The van der Waals surface area contributed by atoms with E-state index in [-0.39, 0.29) is 13.0 Å². The third-order valence-electron chi connectivity index (χ3n) is 7.18. The molecule has 0 fully saturated rings. The summed E-state index contributed by atoms with van der Waals surface area (Å²) in [7, 11) is -4.42. The van der Waals surface area contributed by atoms with E-state index in [2.05, 4.69) is 13.8 Å². The van der Waals surface area contributed by atoms with Gasteiger partial charge >= 0.3 is 5.97 Å². The Morgan fingerprint density at radius 1 is 0.556 bits per heavy atom. The summed E-state index contributed by atoms with van der Waals surface area (Å²) < 4.78 is 38.0. The molecule has 0 aliphatic carbocycles. The van der Waals surface area contributed by atoms with E-state index in [0.29, 0.717) is 6.42 Å². The van der Waals surface area contributed by atoms with E-state index in [4.69, 9.17) is 4.74 Å². The minimum absolute atomic E-state index is 0.144. The lowest BCUT2D eigenvalue weighted by molar-refractivity contribution is -0.143. The van der Waals surface area contributed by atoms with Crippen LogP contribution in [0.4, 0.5) is 0 Å². The lowest BCUT2D eigenvalue weighted by atomic mass is 10.0. The molecule has 0 aromatic heterocycles. The highest BCUT2D eigenvalue weighted by Crippen LogP contribution is 2.16. The summed E-state index contributed by atoms with van der Waals surface area (Å²) in [5.74, 6) is -0.790. The molecule has 216 valence electrons. The van der Waals surface area contributed by atoms with Crippen molar-refractivity contribution in [3.63, 3.8) is 0 Å². The monoisotopic (exact) mass is 532 g/mol. The van der Waals surface area contributed by atoms with Crippen LogP contribution in [0.15, 0.2) is 0 Å². The maximum Gasteiger partial charge on any atom is 0.326 e. The standard InChI is InChI=1S/C30H60O5S/c1-3-5-7-9-11-13-14-15-16-17-18-19-20-22-24-26-28-35-30(31)29(36(32,33)34)27-25-23-21-12-10-8-6-4-2/h29H,3-28H2,1-2H3,(H,32,33,34). The fourth-order valence-corrected chi connectivity index (χ4v) is 5.54. The number of carbonyl (C=O) groups excluding carboxylic acids is 1. The van der Waals surface area contributed by atoms with E-state index < -0.39 is 21.3 Å². The molecule has 0 spiro atoms. The van der Waals surface area contributed by atoms with E-state index in [1.54, 1.807) is 0 Å². The molecule has 1 unspecified atom stereocenters. The largest absolute Gasteiger partial charge is 0.465 e. The molecule has 0 aliphatic heterocycles. The number of hydrogen-bond acceptors (Lipinski definition) is 4. The van der Waals surface area contributed by atoms with Crippen LogP contribution in [-0.2, 0) is 19.6 Å². The Hall–Kier alpha value is -0.620. The highest BCUT2D eigenvalue weighted by atomic mass is 32.2. The van der Waals surface area contributed by atoms with E-state index >= 15 is 0 Å². The van der Waals surface area contributed by atoms with Gasteiger partial charge in [0, 0.05) is 0 Å². The Morgan fingerprint density at radius 2 is 0.861 bits per heavy atom. The van der Waals surface area contributed by atoms with Crippen LogP contribution in [0.2, 0.25) is 0 Å². The highest BCUT2D eigenvalue weighted by Gasteiger charge is 2.31. The first-order valence-corrected chi connectivity index (χ1v) is 17.1. The van der Waals surface area contributed by atoms with E-state index in [1.807, 2.05) is 0 Å². The van der Waals surface area contributed by atoms with Crippen LogP contribution in [0.5, 0.6) is 0 Å². The predicted molar refractivity (Wildman–Crippen MR) is 153 cm³/mol. The Labute approximate surface area is 224 Å². The average Bonchev–Trinajstić information content (AvgIpc) is 2.84. The van der Waals surface area contributed by atoms with Gasteiger partial charge in [-0.3, -0.25) is 9.35 Å². The van der Waals surface area contributed by atoms with Gasteiger partial charge in [-0.25, -0.2) is 0 Å². The molecule has 0 heterocycles. The molecule has 0 rings (SSSR count). The number of hydrogen-bond donors (Lipinski definition) is 1. The summed E-state index contributed by atoms with van der Waals surface area (Å²) in [6.45, 7) is 4.69. The van der Waals surface area contributed by atoms with Crippen LogP contribution in [0.1, 0.15) is 174 Å². The van der Waals surface area contributed by atoms with Crippen LogP contribution in [-0.4, -0.2) is 30.8 Å². The number of unbranched alkanes of at least 4 members (excludes halogenated alkanes) is 22. The Morgan fingerprint density at radius 3 is 1.19 bits per heavy atom. The van der Waals surface area contributed by atoms with Crippen molar-refractivity contribution in [2.24, 2.45) is 0 Å². The van der Waals surface area contributed by atoms with E-state index in [0.717, 1.165) is 38.5 Å². The fraction of sp³-hybridized carbons (Fsp3) is 0.967. The van der Waals surface area contributed by atoms with Crippen LogP contribution in [0, 0.1) is 0 Å². The van der Waals surface area contributed by atoms with Crippen molar-refractivity contribution in [2.45, 2.75) is 180 Å². The minimum Gasteiger partial charge on any atom is -0.465 e. The number of carbonyl (C=O) groups is 1. The van der Waals surface area contributed by atoms with Crippen LogP contribution in [0.25, 0.3) is 0 Å². The van der Waals surface area contributed by atoms with Gasteiger partial charge in [-0.2, -0.15) is 8.42 Å². The van der Waals surface area contributed by atoms with Gasteiger partial charge in [-0.1, -0.05) is 162 Å². The zero-order valence-corrected chi connectivity index (χ0v) is 24.8. The first-order valence-electron chi connectivity index (χ1n) is 15.6. The molecular weight excluding hydrogens is 472 g/mol. The maximum atomic E-state index is 12.2. The van der Waals surface area contributed by atoms with Gasteiger partial charge in [-0.15, -0.1) is 0 Å². The molecule has 0 saturated carbocycles. The summed E-state index contributed by atoms with van der Waals surface area (Å²) in [4.78, 5) is 12.2. The summed E-state index contributed by atoms with van der Waals surface area (Å²) in [6, 6.07) is 0. The second-order valence-electron chi connectivity index (χ2n) is 10.7. The van der Waals surface area contributed by atoms with Gasteiger partial charge in [0.1, 0.15) is 0 Å². The van der Waals surface area contributed by atoms with Crippen molar-refractivity contribution in [2.75, 3.05) is 6.61 Å². The SMILES string of the molecule is CCCCCCCCCCCCCCCCCCOC(=O)C(CCCCCCCCCC)S(=O)(=O)O. The molecule has 0 amide bonds. The molecule has 1 atom stereocenters. The highest BCUT2D eigenvalue weighted by molar-refractivity contribution is 7.87. The number of esters is 1. The molecule has 0 saturated heterocycles. The topological polar surface area (TPSA) is 80.7 Å². The summed E-state index contributed by atoms with van der Waals surface area (Å²) in [5.41, 5.74) is 0.